The predicted molar refractivity (Wildman–Crippen MR) is 141 cm³/mol. The van der Waals surface area contributed by atoms with Crippen LogP contribution in [0.1, 0.15) is 39.1 Å². The number of halogens is 2. The van der Waals surface area contributed by atoms with Crippen molar-refractivity contribution in [1.29, 1.82) is 0 Å². The quantitative estimate of drug-likeness (QED) is 0.253. The minimum absolute atomic E-state index is 0.163. The van der Waals surface area contributed by atoms with Crippen LogP contribution in [0.5, 0.6) is 0 Å². The van der Waals surface area contributed by atoms with Crippen LogP contribution in [-0.2, 0) is 27.8 Å². The standard InChI is InChI=1S/C28H29ClFN3O5/c1-32-16-22(27(36)25(34)14-31-15-26(35)38-2)20-12-21(23(29)13-24(20)32)28(37)33-9-7-18(8-10-33)11-17-3-5-19(30)6-4-17/h3-6,12-13,16,18,31H,7-11,14-15H2,1-2H3. The first-order valence-electron chi connectivity index (χ1n) is 12.3. The van der Waals surface area contributed by atoms with Crippen molar-refractivity contribution in [2.24, 2.45) is 13.0 Å². The molecule has 0 atom stereocenters. The number of ether oxygens (including phenoxy) is 1. The SMILES string of the molecule is COC(=O)CNCC(=O)C(=O)c1cn(C)c2cc(Cl)c(C(=O)N3CCC(Cc4ccc(F)cc4)CC3)cc12. The largest absolute Gasteiger partial charge is 0.468 e. The summed E-state index contributed by atoms with van der Waals surface area (Å²) in [5.74, 6) is -2.09. The summed E-state index contributed by atoms with van der Waals surface area (Å²) < 4.78 is 19.4. The molecule has 0 unspecified atom stereocenters. The van der Waals surface area contributed by atoms with Gasteiger partial charge in [0.15, 0.2) is 0 Å². The number of hydrogen-bond donors (Lipinski definition) is 1. The van der Waals surface area contributed by atoms with E-state index >= 15 is 0 Å². The minimum atomic E-state index is -0.727. The van der Waals surface area contributed by atoms with Gasteiger partial charge in [0.2, 0.25) is 11.6 Å². The fourth-order valence-electron chi connectivity index (χ4n) is 4.79. The maximum Gasteiger partial charge on any atom is 0.319 e. The molecule has 0 spiro atoms. The van der Waals surface area contributed by atoms with Gasteiger partial charge in [-0.15, -0.1) is 0 Å². The van der Waals surface area contributed by atoms with Gasteiger partial charge in [-0.25, -0.2) is 4.39 Å². The number of fused-ring (bicyclic) bond motifs is 1. The number of nitrogens with one attached hydrogen (secondary N) is 1. The number of nitrogens with zero attached hydrogens (tertiary/aromatic N) is 2. The highest BCUT2D eigenvalue weighted by atomic mass is 35.5. The zero-order chi connectivity index (χ0) is 27.4. The zero-order valence-electron chi connectivity index (χ0n) is 21.3. The van der Waals surface area contributed by atoms with Gasteiger partial charge in [-0.2, -0.15) is 0 Å². The van der Waals surface area contributed by atoms with E-state index in [2.05, 4.69) is 10.1 Å². The molecule has 1 aromatic heterocycles. The number of likely N-dealkylation sites (tertiary alicyclic amines) is 1. The van der Waals surface area contributed by atoms with Gasteiger partial charge >= 0.3 is 5.97 Å². The van der Waals surface area contributed by atoms with E-state index in [0.29, 0.717) is 29.9 Å². The van der Waals surface area contributed by atoms with Gasteiger partial charge in [-0.1, -0.05) is 23.7 Å². The van der Waals surface area contributed by atoms with E-state index in [4.69, 9.17) is 11.6 Å². The Morgan fingerprint density at radius 2 is 1.74 bits per heavy atom. The number of hydrogen-bond acceptors (Lipinski definition) is 6. The summed E-state index contributed by atoms with van der Waals surface area (Å²) in [5.41, 5.74) is 2.12. The number of ketones is 2. The second kappa shape index (κ2) is 11.9. The summed E-state index contributed by atoms with van der Waals surface area (Å²) >= 11 is 6.50. The number of benzene rings is 2. The summed E-state index contributed by atoms with van der Waals surface area (Å²) in [6, 6.07) is 9.71. The molecule has 2 aromatic carbocycles. The van der Waals surface area contributed by atoms with Gasteiger partial charge in [0.05, 0.1) is 41.9 Å². The van der Waals surface area contributed by atoms with Crippen LogP contribution in [0.2, 0.25) is 5.02 Å². The van der Waals surface area contributed by atoms with Gasteiger partial charge in [0, 0.05) is 31.7 Å². The molecule has 1 N–H and O–H groups in total. The number of piperidine rings is 1. The molecule has 1 saturated heterocycles. The van der Waals surface area contributed by atoms with Crippen molar-refractivity contribution in [3.63, 3.8) is 0 Å². The van der Waals surface area contributed by atoms with E-state index in [1.54, 1.807) is 40.8 Å². The molecular weight excluding hydrogens is 513 g/mol. The summed E-state index contributed by atoms with van der Waals surface area (Å²) in [4.78, 5) is 51.8. The van der Waals surface area contributed by atoms with E-state index < -0.39 is 17.5 Å². The zero-order valence-corrected chi connectivity index (χ0v) is 22.0. The van der Waals surface area contributed by atoms with Crippen molar-refractivity contribution in [2.75, 3.05) is 33.3 Å². The normalized spacial score (nSPS) is 14.1. The van der Waals surface area contributed by atoms with Crippen molar-refractivity contribution >= 4 is 45.9 Å². The monoisotopic (exact) mass is 541 g/mol. The number of carbonyl (C=O) groups excluding carboxylic acids is 4. The third-order valence-corrected chi connectivity index (χ3v) is 7.24. The molecule has 0 aliphatic carbocycles. The number of methoxy groups -OCH3 is 1. The van der Waals surface area contributed by atoms with E-state index in [1.165, 1.54) is 25.4 Å². The number of esters is 1. The number of rotatable bonds is 9. The number of aryl methyl sites for hydroxylation is 1. The van der Waals surface area contributed by atoms with Crippen LogP contribution in [0.4, 0.5) is 4.39 Å². The molecule has 1 fully saturated rings. The fourth-order valence-corrected chi connectivity index (χ4v) is 5.03. The Hall–Kier alpha value is -3.56. The third kappa shape index (κ3) is 6.11. The molecule has 4 rings (SSSR count). The lowest BCUT2D eigenvalue weighted by molar-refractivity contribution is -0.139. The van der Waals surface area contributed by atoms with Gasteiger partial charge in [-0.05, 0) is 55.0 Å². The number of Topliss-reactive ketones (excluding diaryl/α,β-unsaturated/α-hetero) is 2. The van der Waals surface area contributed by atoms with E-state index in [0.717, 1.165) is 24.8 Å². The molecule has 0 radical (unpaired) electrons. The van der Waals surface area contributed by atoms with Crippen molar-refractivity contribution < 1.29 is 28.3 Å². The third-order valence-electron chi connectivity index (χ3n) is 6.93. The second-order valence-corrected chi connectivity index (χ2v) is 9.91. The second-order valence-electron chi connectivity index (χ2n) is 9.50. The Labute approximate surface area is 224 Å². The van der Waals surface area contributed by atoms with E-state index in [9.17, 15) is 23.6 Å². The molecule has 38 heavy (non-hydrogen) atoms. The highest BCUT2D eigenvalue weighted by Crippen LogP contribution is 2.30. The van der Waals surface area contributed by atoms with Crippen LogP contribution in [-0.4, -0.2) is 66.2 Å². The Morgan fingerprint density at radius 1 is 1.05 bits per heavy atom. The molecule has 200 valence electrons. The van der Waals surface area contributed by atoms with E-state index in [1.807, 2.05) is 0 Å². The Balaban J connectivity index is 1.47. The van der Waals surface area contributed by atoms with Crippen molar-refractivity contribution in [2.45, 2.75) is 19.3 Å². The molecular formula is C28H29ClFN3O5. The lowest BCUT2D eigenvalue weighted by Crippen LogP contribution is -2.39. The average Bonchev–Trinajstić information content (AvgIpc) is 3.23. The predicted octanol–water partition coefficient (Wildman–Crippen LogP) is 3.58. The molecule has 2 heterocycles. The summed E-state index contributed by atoms with van der Waals surface area (Å²) in [5, 5.41) is 3.32. The Morgan fingerprint density at radius 3 is 2.39 bits per heavy atom. The van der Waals surface area contributed by atoms with Crippen molar-refractivity contribution in [3.05, 3.63) is 70.1 Å². The van der Waals surface area contributed by atoms with Crippen molar-refractivity contribution in [1.82, 2.24) is 14.8 Å². The van der Waals surface area contributed by atoms with E-state index in [-0.39, 0.29) is 41.0 Å². The van der Waals surface area contributed by atoms with Gasteiger partial charge in [0.1, 0.15) is 5.82 Å². The summed E-state index contributed by atoms with van der Waals surface area (Å²) in [6.07, 6.45) is 3.99. The first-order chi connectivity index (χ1) is 18.2. The van der Waals surface area contributed by atoms with Gasteiger partial charge in [-0.3, -0.25) is 24.5 Å². The molecule has 1 aliphatic heterocycles. The van der Waals surface area contributed by atoms with Crippen LogP contribution >= 0.6 is 11.6 Å². The van der Waals surface area contributed by atoms with Gasteiger partial charge < -0.3 is 14.2 Å². The average molecular weight is 542 g/mol. The van der Waals surface area contributed by atoms with Crippen LogP contribution in [0, 0.1) is 11.7 Å². The topological polar surface area (TPSA) is 97.7 Å². The lowest BCUT2D eigenvalue weighted by atomic mass is 9.90. The van der Waals surface area contributed by atoms with Gasteiger partial charge in [0.25, 0.3) is 5.91 Å². The first kappa shape index (κ1) is 27.5. The summed E-state index contributed by atoms with van der Waals surface area (Å²) in [6.45, 7) is 0.602. The molecule has 0 saturated carbocycles. The minimum Gasteiger partial charge on any atom is -0.468 e. The van der Waals surface area contributed by atoms with Crippen LogP contribution in [0.3, 0.4) is 0 Å². The summed E-state index contributed by atoms with van der Waals surface area (Å²) in [7, 11) is 2.95. The molecule has 10 heteroatoms. The van der Waals surface area contributed by atoms with Crippen LogP contribution in [0.25, 0.3) is 10.9 Å². The lowest BCUT2D eigenvalue weighted by Gasteiger charge is -2.32. The number of amides is 1. The highest BCUT2D eigenvalue weighted by molar-refractivity contribution is 6.46. The Kier molecular flexibility index (Phi) is 8.58. The highest BCUT2D eigenvalue weighted by Gasteiger charge is 2.27. The Bertz CT molecular complexity index is 1380. The molecule has 0 bridgehead atoms. The smallest absolute Gasteiger partial charge is 0.319 e. The number of carbonyl (C=O) groups is 4. The van der Waals surface area contributed by atoms with Crippen LogP contribution in [0.15, 0.2) is 42.6 Å². The maximum atomic E-state index is 13.4. The van der Waals surface area contributed by atoms with Crippen LogP contribution < -0.4 is 5.32 Å². The van der Waals surface area contributed by atoms with Crippen molar-refractivity contribution in [3.8, 4) is 0 Å². The molecule has 1 aliphatic rings. The maximum absolute atomic E-state index is 13.4. The molecule has 8 nitrogen and oxygen atoms in total. The number of aromatic nitrogens is 1. The first-order valence-corrected chi connectivity index (χ1v) is 12.7. The fraction of sp³-hybridized carbons (Fsp3) is 0.357. The molecule has 1 amide bonds. The molecule has 3 aromatic rings.